The topological polar surface area (TPSA) is 54.0 Å². The zero-order chi connectivity index (χ0) is 11.8. The summed E-state index contributed by atoms with van der Waals surface area (Å²) in [5.41, 5.74) is 0.451. The van der Waals surface area contributed by atoms with E-state index in [2.05, 4.69) is 38.5 Å². The van der Waals surface area contributed by atoms with E-state index in [4.69, 9.17) is 0 Å². The highest BCUT2D eigenvalue weighted by atomic mass is 79.9. The van der Waals surface area contributed by atoms with E-state index < -0.39 is 0 Å². The Balaban J connectivity index is 2.27. The van der Waals surface area contributed by atoms with E-state index in [9.17, 15) is 4.79 Å². The van der Waals surface area contributed by atoms with Gasteiger partial charge in [-0.15, -0.1) is 0 Å². The maximum atomic E-state index is 11.6. The summed E-state index contributed by atoms with van der Waals surface area (Å²) in [6.45, 7) is 4.61. The fourth-order valence-electron chi connectivity index (χ4n) is 1.19. The number of hydrogen-bond acceptors (Lipinski definition) is 3. The first-order chi connectivity index (χ1) is 7.74. The minimum absolute atomic E-state index is 0.121. The zero-order valence-corrected chi connectivity index (χ0v) is 10.9. The van der Waals surface area contributed by atoms with Crippen LogP contribution in [-0.2, 0) is 0 Å². The van der Waals surface area contributed by atoms with E-state index >= 15 is 0 Å². The second-order valence-corrected chi connectivity index (χ2v) is 4.24. The Morgan fingerprint density at radius 3 is 2.88 bits per heavy atom. The lowest BCUT2D eigenvalue weighted by Crippen LogP contribution is -2.27. The number of pyridine rings is 1. The molecule has 0 spiro atoms. The van der Waals surface area contributed by atoms with E-state index in [-0.39, 0.29) is 5.91 Å². The van der Waals surface area contributed by atoms with E-state index in [1.54, 1.807) is 18.3 Å². The lowest BCUT2D eigenvalue weighted by atomic mass is 10.3. The molecule has 0 aliphatic heterocycles. The van der Waals surface area contributed by atoms with E-state index in [0.717, 1.165) is 24.0 Å². The van der Waals surface area contributed by atoms with Crippen LogP contribution in [0.3, 0.4) is 0 Å². The monoisotopic (exact) mass is 285 g/mol. The Kier molecular flexibility index (Phi) is 6.03. The number of aromatic nitrogens is 1. The molecule has 5 heteroatoms. The number of amides is 1. The van der Waals surface area contributed by atoms with Crippen LogP contribution in [-0.4, -0.2) is 30.5 Å². The lowest BCUT2D eigenvalue weighted by Gasteiger charge is -2.04. The molecule has 0 atom stereocenters. The molecule has 16 heavy (non-hydrogen) atoms. The Morgan fingerprint density at radius 1 is 1.44 bits per heavy atom. The molecule has 88 valence electrons. The smallest absolute Gasteiger partial charge is 0.269 e. The van der Waals surface area contributed by atoms with E-state index in [1.165, 1.54) is 0 Å². The van der Waals surface area contributed by atoms with Gasteiger partial charge in [-0.3, -0.25) is 4.79 Å². The van der Waals surface area contributed by atoms with Crippen LogP contribution in [0.1, 0.15) is 23.8 Å². The van der Waals surface area contributed by atoms with Crippen LogP contribution in [0.25, 0.3) is 0 Å². The fraction of sp³-hybridized carbons (Fsp3) is 0.455. The van der Waals surface area contributed by atoms with Gasteiger partial charge in [0.05, 0.1) is 0 Å². The number of nitrogens with zero attached hydrogens (tertiary/aromatic N) is 1. The number of hydrogen-bond donors (Lipinski definition) is 2. The summed E-state index contributed by atoms with van der Waals surface area (Å²) >= 11 is 3.27. The van der Waals surface area contributed by atoms with Crippen molar-refractivity contribution in [3.05, 3.63) is 28.5 Å². The maximum absolute atomic E-state index is 11.6. The van der Waals surface area contributed by atoms with Crippen molar-refractivity contribution in [2.75, 3.05) is 19.6 Å². The molecule has 0 aromatic carbocycles. The molecule has 0 aliphatic rings. The Bertz CT molecular complexity index is 327. The zero-order valence-electron chi connectivity index (χ0n) is 9.29. The molecule has 0 saturated heterocycles. The predicted octanol–water partition coefficient (Wildman–Crippen LogP) is 1.57. The van der Waals surface area contributed by atoms with Crippen molar-refractivity contribution in [3.63, 3.8) is 0 Å². The van der Waals surface area contributed by atoms with Gasteiger partial charge in [-0.05, 0) is 47.6 Å². The van der Waals surface area contributed by atoms with Crippen LogP contribution in [0.2, 0.25) is 0 Å². The van der Waals surface area contributed by atoms with Crippen LogP contribution >= 0.6 is 15.9 Å². The third-order valence-electron chi connectivity index (χ3n) is 2.03. The van der Waals surface area contributed by atoms with Crippen molar-refractivity contribution in [2.45, 2.75) is 13.3 Å². The van der Waals surface area contributed by atoms with E-state index in [0.29, 0.717) is 12.2 Å². The average molecular weight is 286 g/mol. The standard InChI is InChI=1S/C11H16BrN3O/c1-2-13-6-3-7-14-11(16)10-5-4-9(12)8-15-10/h4-5,8,13H,2-3,6-7H2,1H3,(H,14,16). The number of nitrogens with one attached hydrogen (secondary N) is 2. The molecule has 1 heterocycles. The van der Waals surface area contributed by atoms with Gasteiger partial charge in [0.2, 0.25) is 0 Å². The van der Waals surface area contributed by atoms with E-state index in [1.807, 2.05) is 0 Å². The summed E-state index contributed by atoms with van der Waals surface area (Å²) in [6, 6.07) is 3.50. The molecule has 1 rings (SSSR count). The van der Waals surface area contributed by atoms with Crippen molar-refractivity contribution in [1.82, 2.24) is 15.6 Å². The highest BCUT2D eigenvalue weighted by Gasteiger charge is 2.05. The van der Waals surface area contributed by atoms with Crippen molar-refractivity contribution < 1.29 is 4.79 Å². The summed E-state index contributed by atoms with van der Waals surface area (Å²) in [5, 5.41) is 6.02. The summed E-state index contributed by atoms with van der Waals surface area (Å²) < 4.78 is 0.871. The second-order valence-electron chi connectivity index (χ2n) is 3.32. The maximum Gasteiger partial charge on any atom is 0.269 e. The largest absolute Gasteiger partial charge is 0.351 e. The molecule has 0 saturated carbocycles. The molecule has 0 aliphatic carbocycles. The Labute approximate surface area is 104 Å². The van der Waals surface area contributed by atoms with Gasteiger partial charge < -0.3 is 10.6 Å². The van der Waals surface area contributed by atoms with Crippen LogP contribution in [0.15, 0.2) is 22.8 Å². The van der Waals surface area contributed by atoms with Crippen LogP contribution in [0.5, 0.6) is 0 Å². The van der Waals surface area contributed by atoms with Gasteiger partial charge in [-0.2, -0.15) is 0 Å². The second kappa shape index (κ2) is 7.35. The van der Waals surface area contributed by atoms with Gasteiger partial charge in [0, 0.05) is 17.2 Å². The molecule has 0 fully saturated rings. The molecule has 1 aromatic rings. The number of carbonyl (C=O) groups is 1. The molecule has 1 amide bonds. The van der Waals surface area contributed by atoms with Gasteiger partial charge in [0.25, 0.3) is 5.91 Å². The van der Waals surface area contributed by atoms with Gasteiger partial charge >= 0.3 is 0 Å². The first-order valence-electron chi connectivity index (χ1n) is 5.34. The molecule has 0 unspecified atom stereocenters. The molecule has 0 radical (unpaired) electrons. The molecule has 2 N–H and O–H groups in total. The van der Waals surface area contributed by atoms with Gasteiger partial charge in [-0.1, -0.05) is 6.92 Å². The minimum Gasteiger partial charge on any atom is -0.351 e. The van der Waals surface area contributed by atoms with Crippen molar-refractivity contribution >= 4 is 21.8 Å². The Hall–Kier alpha value is -0.940. The summed E-state index contributed by atoms with van der Waals surface area (Å²) in [7, 11) is 0. The first-order valence-corrected chi connectivity index (χ1v) is 6.14. The third-order valence-corrected chi connectivity index (χ3v) is 2.49. The quantitative estimate of drug-likeness (QED) is 0.781. The summed E-state index contributed by atoms with van der Waals surface area (Å²) in [5.74, 6) is -0.121. The fourth-order valence-corrected chi connectivity index (χ4v) is 1.43. The third kappa shape index (κ3) is 4.72. The predicted molar refractivity (Wildman–Crippen MR) is 67.4 cm³/mol. The molecule has 0 bridgehead atoms. The summed E-state index contributed by atoms with van der Waals surface area (Å²) in [6.07, 6.45) is 2.55. The van der Waals surface area contributed by atoms with Gasteiger partial charge in [0.15, 0.2) is 0 Å². The molecule has 4 nitrogen and oxygen atoms in total. The van der Waals surface area contributed by atoms with Crippen LogP contribution in [0, 0.1) is 0 Å². The minimum atomic E-state index is -0.121. The molecular weight excluding hydrogens is 270 g/mol. The highest BCUT2D eigenvalue weighted by Crippen LogP contribution is 2.06. The highest BCUT2D eigenvalue weighted by molar-refractivity contribution is 9.10. The number of halogens is 1. The van der Waals surface area contributed by atoms with Gasteiger partial charge in [-0.25, -0.2) is 4.98 Å². The van der Waals surface area contributed by atoms with Crippen molar-refractivity contribution in [1.29, 1.82) is 0 Å². The normalized spacial score (nSPS) is 10.1. The van der Waals surface area contributed by atoms with Gasteiger partial charge in [0.1, 0.15) is 5.69 Å². The summed E-state index contributed by atoms with van der Waals surface area (Å²) in [4.78, 5) is 15.6. The lowest BCUT2D eigenvalue weighted by molar-refractivity contribution is 0.0948. The van der Waals surface area contributed by atoms with Crippen LogP contribution < -0.4 is 10.6 Å². The Morgan fingerprint density at radius 2 is 2.25 bits per heavy atom. The first kappa shape index (κ1) is 13.1. The van der Waals surface area contributed by atoms with Crippen molar-refractivity contribution in [3.8, 4) is 0 Å². The SMILES string of the molecule is CCNCCCNC(=O)c1ccc(Br)cn1. The number of rotatable bonds is 6. The average Bonchev–Trinajstić information content (AvgIpc) is 2.29. The number of carbonyl (C=O) groups excluding carboxylic acids is 1. The van der Waals surface area contributed by atoms with Crippen molar-refractivity contribution in [2.24, 2.45) is 0 Å². The molecular formula is C11H16BrN3O. The van der Waals surface area contributed by atoms with Crippen LogP contribution in [0.4, 0.5) is 0 Å². The molecule has 1 aromatic heterocycles.